The molecule has 0 saturated carbocycles. The number of anilines is 3. The van der Waals surface area contributed by atoms with Gasteiger partial charge in [-0.3, -0.25) is 4.98 Å². The van der Waals surface area contributed by atoms with Gasteiger partial charge in [0.15, 0.2) is 11.0 Å². The van der Waals surface area contributed by atoms with Gasteiger partial charge in [0.25, 0.3) is 0 Å². The van der Waals surface area contributed by atoms with Crippen molar-refractivity contribution in [3.63, 3.8) is 0 Å². The maximum Gasteiger partial charge on any atom is 0.158 e. The monoisotopic (exact) mass is 221 g/mol. The number of nitrogens with zero attached hydrogens (tertiary/aromatic N) is 3. The molecule has 0 fully saturated rings. The van der Waals surface area contributed by atoms with E-state index in [0.29, 0.717) is 11.5 Å². The van der Waals surface area contributed by atoms with E-state index in [-0.39, 0.29) is 5.15 Å². The molecular formula is C9H8ClN5. The zero-order chi connectivity index (χ0) is 10.7. The van der Waals surface area contributed by atoms with Crippen molar-refractivity contribution in [2.24, 2.45) is 0 Å². The Bertz CT molecular complexity index is 459. The molecule has 0 spiro atoms. The smallest absolute Gasteiger partial charge is 0.158 e. The average molecular weight is 222 g/mol. The van der Waals surface area contributed by atoms with Crippen molar-refractivity contribution in [2.45, 2.75) is 0 Å². The highest BCUT2D eigenvalue weighted by Crippen LogP contribution is 2.24. The van der Waals surface area contributed by atoms with E-state index in [0.717, 1.165) is 5.69 Å². The van der Waals surface area contributed by atoms with Crippen LogP contribution in [0.25, 0.3) is 0 Å². The fourth-order valence-corrected chi connectivity index (χ4v) is 1.18. The van der Waals surface area contributed by atoms with Crippen molar-refractivity contribution < 1.29 is 0 Å². The molecular weight excluding hydrogens is 214 g/mol. The van der Waals surface area contributed by atoms with E-state index in [1.807, 2.05) is 0 Å². The number of halogens is 1. The number of hydrogen-bond donors (Lipinski definition) is 2. The minimum Gasteiger partial charge on any atom is -0.393 e. The van der Waals surface area contributed by atoms with Crippen LogP contribution in [0.4, 0.5) is 17.2 Å². The Hall–Kier alpha value is -1.88. The average Bonchev–Trinajstić information content (AvgIpc) is 2.26. The summed E-state index contributed by atoms with van der Waals surface area (Å²) < 4.78 is 0. The first kappa shape index (κ1) is 9.67. The molecule has 0 bridgehead atoms. The fraction of sp³-hybridized carbons (Fsp3) is 0. The molecule has 0 radical (unpaired) electrons. The topological polar surface area (TPSA) is 76.7 Å². The van der Waals surface area contributed by atoms with Crippen molar-refractivity contribution in [3.05, 3.63) is 36.0 Å². The Morgan fingerprint density at radius 3 is 2.67 bits per heavy atom. The van der Waals surface area contributed by atoms with Gasteiger partial charge in [0.2, 0.25) is 0 Å². The lowest BCUT2D eigenvalue weighted by Crippen LogP contribution is -2.00. The minimum absolute atomic E-state index is 0.238. The van der Waals surface area contributed by atoms with E-state index >= 15 is 0 Å². The van der Waals surface area contributed by atoms with Crippen LogP contribution in [0.2, 0.25) is 5.15 Å². The summed E-state index contributed by atoms with van der Waals surface area (Å²) in [4.78, 5) is 11.6. The van der Waals surface area contributed by atoms with Gasteiger partial charge < -0.3 is 11.1 Å². The molecule has 0 unspecified atom stereocenters. The molecule has 15 heavy (non-hydrogen) atoms. The zero-order valence-electron chi connectivity index (χ0n) is 7.68. The van der Waals surface area contributed by atoms with Crippen LogP contribution in [0.15, 0.2) is 30.9 Å². The molecule has 0 aliphatic rings. The lowest BCUT2D eigenvalue weighted by Gasteiger charge is -2.07. The van der Waals surface area contributed by atoms with E-state index < -0.39 is 0 Å². The molecule has 5 nitrogen and oxygen atoms in total. The molecule has 6 heteroatoms. The number of nitrogens with one attached hydrogen (secondary N) is 1. The van der Waals surface area contributed by atoms with Crippen LogP contribution in [0.1, 0.15) is 0 Å². The van der Waals surface area contributed by atoms with Crippen LogP contribution >= 0.6 is 11.6 Å². The summed E-state index contributed by atoms with van der Waals surface area (Å²) in [6, 6.07) is 3.60. The number of hydrogen-bond acceptors (Lipinski definition) is 5. The molecule has 0 saturated heterocycles. The van der Waals surface area contributed by atoms with E-state index in [1.54, 1.807) is 24.5 Å². The van der Waals surface area contributed by atoms with E-state index in [9.17, 15) is 0 Å². The predicted molar refractivity (Wildman–Crippen MR) is 59.0 cm³/mol. The summed E-state index contributed by atoms with van der Waals surface area (Å²) >= 11 is 5.75. The Labute approximate surface area is 91.3 Å². The van der Waals surface area contributed by atoms with Gasteiger partial charge in [-0.25, -0.2) is 9.97 Å². The van der Waals surface area contributed by atoms with Gasteiger partial charge in [0.05, 0.1) is 0 Å². The Balaban J connectivity index is 2.29. The second-order valence-corrected chi connectivity index (χ2v) is 3.15. The Kier molecular flexibility index (Phi) is 2.64. The fourth-order valence-electron chi connectivity index (χ4n) is 1.05. The van der Waals surface area contributed by atoms with Crippen LogP contribution in [0, 0.1) is 0 Å². The third-order valence-electron chi connectivity index (χ3n) is 1.78. The third-order valence-corrected chi connectivity index (χ3v) is 2.08. The first-order chi connectivity index (χ1) is 7.27. The highest BCUT2D eigenvalue weighted by atomic mass is 35.5. The van der Waals surface area contributed by atoms with E-state index in [2.05, 4.69) is 20.3 Å². The lowest BCUT2D eigenvalue weighted by molar-refractivity contribution is 1.17. The first-order valence-electron chi connectivity index (χ1n) is 4.20. The second kappa shape index (κ2) is 4.10. The van der Waals surface area contributed by atoms with Crippen LogP contribution in [0.3, 0.4) is 0 Å². The Morgan fingerprint density at radius 1 is 1.20 bits per heavy atom. The summed E-state index contributed by atoms with van der Waals surface area (Å²) in [5.41, 5.74) is 6.86. The van der Waals surface area contributed by atoms with Crippen LogP contribution in [-0.4, -0.2) is 15.0 Å². The van der Waals surface area contributed by atoms with Gasteiger partial charge in [-0.1, -0.05) is 11.6 Å². The minimum atomic E-state index is 0.238. The van der Waals surface area contributed by atoms with Gasteiger partial charge in [-0.2, -0.15) is 0 Å². The number of nitrogens with two attached hydrogens (primary N) is 1. The number of nitrogen functional groups attached to an aromatic ring is 1. The zero-order valence-corrected chi connectivity index (χ0v) is 8.44. The van der Waals surface area contributed by atoms with Crippen molar-refractivity contribution >= 4 is 28.8 Å². The molecule has 0 aliphatic heterocycles. The summed E-state index contributed by atoms with van der Waals surface area (Å²) in [5, 5.41) is 3.25. The van der Waals surface area contributed by atoms with Crippen molar-refractivity contribution in [1.29, 1.82) is 0 Å². The van der Waals surface area contributed by atoms with Gasteiger partial charge in [0.1, 0.15) is 12.0 Å². The van der Waals surface area contributed by atoms with Crippen molar-refractivity contribution in [2.75, 3.05) is 11.1 Å². The molecule has 2 aromatic heterocycles. The third kappa shape index (κ3) is 2.13. The normalized spacial score (nSPS) is 9.93. The molecule has 2 aromatic rings. The van der Waals surface area contributed by atoms with Gasteiger partial charge in [-0.15, -0.1) is 0 Å². The number of rotatable bonds is 2. The van der Waals surface area contributed by atoms with Crippen LogP contribution in [0.5, 0.6) is 0 Å². The predicted octanol–water partition coefficient (Wildman–Crippen LogP) is 1.85. The number of pyridine rings is 1. The largest absolute Gasteiger partial charge is 0.393 e. The molecule has 0 aromatic carbocycles. The Morgan fingerprint density at radius 2 is 1.93 bits per heavy atom. The molecule has 0 atom stereocenters. The highest BCUT2D eigenvalue weighted by molar-refractivity contribution is 6.32. The highest BCUT2D eigenvalue weighted by Gasteiger charge is 2.05. The maximum atomic E-state index is 5.75. The van der Waals surface area contributed by atoms with Crippen molar-refractivity contribution in [1.82, 2.24) is 15.0 Å². The maximum absolute atomic E-state index is 5.75. The molecule has 3 N–H and O–H groups in total. The second-order valence-electron chi connectivity index (χ2n) is 2.79. The van der Waals surface area contributed by atoms with E-state index in [4.69, 9.17) is 17.3 Å². The van der Waals surface area contributed by atoms with Gasteiger partial charge in [-0.05, 0) is 12.1 Å². The van der Waals surface area contributed by atoms with Gasteiger partial charge in [0, 0.05) is 18.1 Å². The lowest BCUT2D eigenvalue weighted by atomic mass is 10.4. The molecule has 2 heterocycles. The quantitative estimate of drug-likeness (QED) is 0.757. The van der Waals surface area contributed by atoms with Crippen molar-refractivity contribution in [3.8, 4) is 0 Å². The standard InChI is InChI=1S/C9H8ClN5/c10-8-7(11)9(14-5-13-8)15-6-1-3-12-4-2-6/h1-5H,11H2,(H,12,13,14,15). The SMILES string of the molecule is Nc1c(Cl)ncnc1Nc1ccncc1. The summed E-state index contributed by atoms with van der Waals surface area (Å²) in [6.07, 6.45) is 4.69. The molecule has 0 aliphatic carbocycles. The summed E-state index contributed by atoms with van der Waals surface area (Å²) in [7, 11) is 0. The molecule has 2 rings (SSSR count). The van der Waals surface area contributed by atoms with Crippen LogP contribution in [-0.2, 0) is 0 Å². The summed E-state index contributed by atoms with van der Waals surface area (Å²) in [5.74, 6) is 0.487. The van der Waals surface area contributed by atoms with Gasteiger partial charge >= 0.3 is 0 Å². The van der Waals surface area contributed by atoms with E-state index in [1.165, 1.54) is 6.33 Å². The first-order valence-corrected chi connectivity index (χ1v) is 4.58. The van der Waals surface area contributed by atoms with Crippen LogP contribution < -0.4 is 11.1 Å². The molecule has 0 amide bonds. The number of aromatic nitrogens is 3. The summed E-state index contributed by atoms with van der Waals surface area (Å²) in [6.45, 7) is 0. The molecule has 76 valence electrons.